The molecule has 0 N–H and O–H groups in total. The number of amides is 1. The van der Waals surface area contributed by atoms with Crippen molar-refractivity contribution in [2.45, 2.75) is 39.4 Å². The molecular formula is C12H21N5O3S. The molecule has 9 heteroatoms. The number of aromatic nitrogens is 3. The van der Waals surface area contributed by atoms with Crippen LogP contribution in [0.25, 0.3) is 0 Å². The van der Waals surface area contributed by atoms with Crippen LogP contribution in [0.15, 0.2) is 0 Å². The number of carbonyl (C=O) groups is 1. The number of fused-ring (bicyclic) bond motifs is 1. The molecule has 21 heavy (non-hydrogen) atoms. The fourth-order valence-corrected chi connectivity index (χ4v) is 2.77. The zero-order chi connectivity index (χ0) is 15.8. The van der Waals surface area contributed by atoms with E-state index in [0.29, 0.717) is 24.7 Å². The zero-order valence-corrected chi connectivity index (χ0v) is 13.6. The van der Waals surface area contributed by atoms with Crippen molar-refractivity contribution in [2.24, 2.45) is 0 Å². The van der Waals surface area contributed by atoms with E-state index in [9.17, 15) is 13.2 Å². The molecule has 0 aliphatic carbocycles. The summed E-state index contributed by atoms with van der Waals surface area (Å²) in [6.45, 7) is 5.03. The third kappa shape index (κ3) is 3.08. The number of carbonyl (C=O) groups excluding carboxylic acids is 1. The number of hydrogen-bond donors (Lipinski definition) is 0. The molecule has 0 spiro atoms. The first kappa shape index (κ1) is 15.9. The summed E-state index contributed by atoms with van der Waals surface area (Å²) in [5.74, 6) is 1.22. The van der Waals surface area contributed by atoms with Crippen LogP contribution in [-0.2, 0) is 27.9 Å². The first-order valence-electron chi connectivity index (χ1n) is 6.88. The van der Waals surface area contributed by atoms with Crippen molar-refractivity contribution in [3.8, 4) is 0 Å². The standard InChI is InChI=1S/C12H21N5O3S/c1-5-6-16-8-11-14-13-10(7-15(3)21(4,19)20)17(11)9(2)12(16)18/h9H,5-8H2,1-4H3/t9-/m0/s1. The normalized spacial score (nSPS) is 19.2. The Bertz CT molecular complexity index is 639. The molecule has 118 valence electrons. The summed E-state index contributed by atoms with van der Waals surface area (Å²) in [5.41, 5.74) is 0. The molecule has 1 aromatic rings. The van der Waals surface area contributed by atoms with E-state index in [-0.39, 0.29) is 12.5 Å². The second-order valence-electron chi connectivity index (χ2n) is 5.36. The Labute approximate surface area is 124 Å². The molecule has 0 bridgehead atoms. The molecule has 0 radical (unpaired) electrons. The average Bonchev–Trinajstić information content (AvgIpc) is 2.78. The summed E-state index contributed by atoms with van der Waals surface area (Å²) in [4.78, 5) is 14.1. The maximum atomic E-state index is 12.3. The molecule has 2 rings (SSSR count). The molecule has 0 unspecified atom stereocenters. The zero-order valence-electron chi connectivity index (χ0n) is 12.8. The Morgan fingerprint density at radius 2 is 2.05 bits per heavy atom. The van der Waals surface area contributed by atoms with E-state index >= 15 is 0 Å². The largest absolute Gasteiger partial charge is 0.333 e. The quantitative estimate of drug-likeness (QED) is 0.762. The van der Waals surface area contributed by atoms with E-state index in [1.807, 2.05) is 6.92 Å². The van der Waals surface area contributed by atoms with Crippen LogP contribution < -0.4 is 0 Å². The van der Waals surface area contributed by atoms with Gasteiger partial charge in [-0.1, -0.05) is 6.92 Å². The second kappa shape index (κ2) is 5.72. The number of hydrogen-bond acceptors (Lipinski definition) is 5. The molecular weight excluding hydrogens is 294 g/mol. The molecule has 0 saturated carbocycles. The molecule has 2 heterocycles. The van der Waals surface area contributed by atoms with Gasteiger partial charge >= 0.3 is 0 Å². The Morgan fingerprint density at radius 1 is 1.38 bits per heavy atom. The predicted molar refractivity (Wildman–Crippen MR) is 76.8 cm³/mol. The Balaban J connectivity index is 2.29. The Morgan fingerprint density at radius 3 is 2.62 bits per heavy atom. The van der Waals surface area contributed by atoms with Crippen molar-refractivity contribution in [3.05, 3.63) is 11.6 Å². The highest BCUT2D eigenvalue weighted by molar-refractivity contribution is 7.88. The fraction of sp³-hybridized carbons (Fsp3) is 0.750. The third-order valence-electron chi connectivity index (χ3n) is 3.65. The Hall–Kier alpha value is -1.48. The van der Waals surface area contributed by atoms with Gasteiger partial charge in [0.15, 0.2) is 5.82 Å². The number of nitrogens with zero attached hydrogens (tertiary/aromatic N) is 5. The van der Waals surface area contributed by atoms with Gasteiger partial charge in [0, 0.05) is 13.6 Å². The maximum Gasteiger partial charge on any atom is 0.245 e. The van der Waals surface area contributed by atoms with Gasteiger partial charge in [-0.15, -0.1) is 10.2 Å². The first-order chi connectivity index (χ1) is 9.75. The van der Waals surface area contributed by atoms with E-state index in [2.05, 4.69) is 10.2 Å². The minimum atomic E-state index is -3.30. The first-order valence-corrected chi connectivity index (χ1v) is 8.73. The summed E-state index contributed by atoms with van der Waals surface area (Å²) >= 11 is 0. The second-order valence-corrected chi connectivity index (χ2v) is 7.45. The lowest BCUT2D eigenvalue weighted by atomic mass is 10.2. The van der Waals surface area contributed by atoms with Crippen LogP contribution in [0.4, 0.5) is 0 Å². The lowest BCUT2D eigenvalue weighted by Gasteiger charge is -2.32. The molecule has 1 amide bonds. The summed E-state index contributed by atoms with van der Waals surface area (Å²) in [7, 11) is -1.82. The van der Waals surface area contributed by atoms with Crippen molar-refractivity contribution in [1.82, 2.24) is 24.0 Å². The van der Waals surface area contributed by atoms with Gasteiger partial charge in [-0.2, -0.15) is 4.31 Å². The van der Waals surface area contributed by atoms with Gasteiger partial charge in [0.05, 0.1) is 19.3 Å². The SMILES string of the molecule is CCCN1Cc2nnc(CN(C)S(C)(=O)=O)n2[C@@H](C)C1=O. The van der Waals surface area contributed by atoms with Crippen molar-refractivity contribution in [1.29, 1.82) is 0 Å². The highest BCUT2D eigenvalue weighted by atomic mass is 32.2. The summed E-state index contributed by atoms with van der Waals surface area (Å²) in [5, 5.41) is 8.17. The van der Waals surface area contributed by atoms with Crippen molar-refractivity contribution in [3.63, 3.8) is 0 Å². The van der Waals surface area contributed by atoms with E-state index in [1.165, 1.54) is 11.4 Å². The van der Waals surface area contributed by atoms with Crippen LogP contribution in [0.3, 0.4) is 0 Å². The van der Waals surface area contributed by atoms with Gasteiger partial charge in [-0.3, -0.25) is 9.36 Å². The lowest BCUT2D eigenvalue weighted by Crippen LogP contribution is -2.42. The molecule has 0 aromatic carbocycles. The topological polar surface area (TPSA) is 88.4 Å². The highest BCUT2D eigenvalue weighted by Crippen LogP contribution is 2.23. The van der Waals surface area contributed by atoms with Crippen molar-refractivity contribution in [2.75, 3.05) is 19.8 Å². The van der Waals surface area contributed by atoms with Crippen LogP contribution in [0.1, 0.15) is 38.0 Å². The van der Waals surface area contributed by atoms with Crippen molar-refractivity contribution < 1.29 is 13.2 Å². The third-order valence-corrected chi connectivity index (χ3v) is 4.91. The molecule has 8 nitrogen and oxygen atoms in total. The minimum Gasteiger partial charge on any atom is -0.333 e. The smallest absolute Gasteiger partial charge is 0.245 e. The Kier molecular flexibility index (Phi) is 4.33. The summed E-state index contributed by atoms with van der Waals surface area (Å²) < 4.78 is 25.9. The van der Waals surface area contributed by atoms with Crippen LogP contribution in [-0.4, -0.2) is 58.1 Å². The van der Waals surface area contributed by atoms with Gasteiger partial charge in [-0.25, -0.2) is 8.42 Å². The van der Waals surface area contributed by atoms with Crippen LogP contribution in [0, 0.1) is 0 Å². The molecule has 1 aliphatic rings. The summed E-state index contributed by atoms with van der Waals surface area (Å²) in [6, 6.07) is -0.404. The maximum absolute atomic E-state index is 12.3. The molecule has 1 aromatic heterocycles. The average molecular weight is 315 g/mol. The van der Waals surface area contributed by atoms with Gasteiger partial charge in [0.25, 0.3) is 0 Å². The van der Waals surface area contributed by atoms with E-state index in [1.54, 1.807) is 16.4 Å². The fourth-order valence-electron chi connectivity index (χ4n) is 2.42. The lowest BCUT2D eigenvalue weighted by molar-refractivity contribution is -0.137. The van der Waals surface area contributed by atoms with Crippen LogP contribution >= 0.6 is 0 Å². The number of sulfonamides is 1. The predicted octanol–water partition coefficient (Wildman–Crippen LogP) is -0.0173. The van der Waals surface area contributed by atoms with E-state index in [0.717, 1.165) is 12.7 Å². The van der Waals surface area contributed by atoms with Gasteiger partial charge in [0.1, 0.15) is 11.9 Å². The molecule has 1 aliphatic heterocycles. The molecule has 0 fully saturated rings. The van der Waals surface area contributed by atoms with Crippen molar-refractivity contribution >= 4 is 15.9 Å². The van der Waals surface area contributed by atoms with Gasteiger partial charge < -0.3 is 4.90 Å². The minimum absolute atomic E-state index is 0.0207. The highest BCUT2D eigenvalue weighted by Gasteiger charge is 2.33. The van der Waals surface area contributed by atoms with E-state index in [4.69, 9.17) is 0 Å². The monoisotopic (exact) mass is 315 g/mol. The molecule has 1 atom stereocenters. The van der Waals surface area contributed by atoms with E-state index < -0.39 is 16.1 Å². The number of rotatable bonds is 5. The van der Waals surface area contributed by atoms with Gasteiger partial charge in [-0.05, 0) is 13.3 Å². The van der Waals surface area contributed by atoms with Gasteiger partial charge in [0.2, 0.25) is 15.9 Å². The summed E-state index contributed by atoms with van der Waals surface area (Å²) in [6.07, 6.45) is 2.02. The van der Waals surface area contributed by atoms with Crippen LogP contribution in [0.5, 0.6) is 0 Å². The van der Waals surface area contributed by atoms with Crippen LogP contribution in [0.2, 0.25) is 0 Å². The molecule has 0 saturated heterocycles.